The highest BCUT2D eigenvalue weighted by Gasteiger charge is 2.16. The Labute approximate surface area is 97.2 Å². The van der Waals surface area contributed by atoms with E-state index >= 15 is 0 Å². The second-order valence-electron chi connectivity index (χ2n) is 2.56. The number of hydrogen-bond acceptors (Lipinski definition) is 5. The van der Waals surface area contributed by atoms with Crippen LogP contribution >= 0.6 is 22.6 Å². The van der Waals surface area contributed by atoms with E-state index in [4.69, 9.17) is 18.9 Å². The zero-order chi connectivity index (χ0) is 11.0. The zero-order valence-corrected chi connectivity index (χ0v) is 10.6. The van der Waals surface area contributed by atoms with E-state index in [2.05, 4.69) is 0 Å². The predicted molar refractivity (Wildman–Crippen MR) is 58.6 cm³/mol. The first-order chi connectivity index (χ1) is 6.60. The standard InChI is InChI=1S/C8H15IO5/c1-6(9)13-8(10)14-7(4-11-2)5-12-3/h6-7H,4-5H2,1-3H3. The molecular weight excluding hydrogens is 303 g/mol. The molecule has 1 unspecified atom stereocenters. The molecule has 0 N–H and O–H groups in total. The highest BCUT2D eigenvalue weighted by molar-refractivity contribution is 14.1. The van der Waals surface area contributed by atoms with Crippen LogP contribution in [-0.4, -0.2) is 43.8 Å². The number of methoxy groups -OCH3 is 2. The number of ether oxygens (including phenoxy) is 4. The average Bonchev–Trinajstić information content (AvgIpc) is 2.03. The third kappa shape index (κ3) is 7.34. The van der Waals surface area contributed by atoms with Gasteiger partial charge in [-0.2, -0.15) is 0 Å². The van der Waals surface area contributed by atoms with E-state index in [1.54, 1.807) is 6.92 Å². The minimum absolute atomic E-state index is 0.217. The van der Waals surface area contributed by atoms with Gasteiger partial charge in [-0.15, -0.1) is 0 Å². The zero-order valence-electron chi connectivity index (χ0n) is 8.49. The van der Waals surface area contributed by atoms with Crippen molar-refractivity contribution in [2.75, 3.05) is 27.4 Å². The summed E-state index contributed by atoms with van der Waals surface area (Å²) in [4.78, 5) is 11.1. The minimum Gasteiger partial charge on any atom is -0.426 e. The molecule has 14 heavy (non-hydrogen) atoms. The summed E-state index contributed by atoms with van der Waals surface area (Å²) in [5, 5.41) is 0. The Hall–Kier alpha value is -0.0800. The van der Waals surface area contributed by atoms with Crippen molar-refractivity contribution in [1.82, 2.24) is 0 Å². The molecule has 0 bridgehead atoms. The fourth-order valence-electron chi connectivity index (χ4n) is 0.784. The van der Waals surface area contributed by atoms with E-state index in [1.165, 1.54) is 14.2 Å². The van der Waals surface area contributed by atoms with E-state index in [0.717, 1.165) is 0 Å². The lowest BCUT2D eigenvalue weighted by atomic mass is 10.4. The van der Waals surface area contributed by atoms with Crippen LogP contribution in [0.4, 0.5) is 4.79 Å². The van der Waals surface area contributed by atoms with E-state index in [9.17, 15) is 4.79 Å². The number of halogens is 1. The minimum atomic E-state index is -0.703. The molecule has 0 fully saturated rings. The van der Waals surface area contributed by atoms with E-state index < -0.39 is 12.3 Å². The number of alkyl halides is 1. The maximum absolute atomic E-state index is 11.1. The van der Waals surface area contributed by atoms with Crippen LogP contribution in [0, 0.1) is 0 Å². The van der Waals surface area contributed by atoms with E-state index in [0.29, 0.717) is 13.2 Å². The van der Waals surface area contributed by atoms with Crippen LogP contribution in [0.25, 0.3) is 0 Å². The lowest BCUT2D eigenvalue weighted by molar-refractivity contribution is -0.0353. The smallest absolute Gasteiger partial charge is 0.426 e. The summed E-state index contributed by atoms with van der Waals surface area (Å²) in [6.07, 6.45) is -1.13. The average molecular weight is 318 g/mol. The molecule has 0 aromatic rings. The Balaban J connectivity index is 3.82. The first-order valence-corrected chi connectivity index (χ1v) is 5.34. The van der Waals surface area contributed by atoms with Gasteiger partial charge in [0.05, 0.1) is 13.2 Å². The van der Waals surface area contributed by atoms with Gasteiger partial charge in [-0.05, 0) is 29.5 Å². The van der Waals surface area contributed by atoms with Crippen molar-refractivity contribution >= 4 is 28.7 Å². The van der Waals surface area contributed by atoms with Crippen molar-refractivity contribution in [1.29, 1.82) is 0 Å². The molecule has 0 aliphatic heterocycles. The van der Waals surface area contributed by atoms with Gasteiger partial charge >= 0.3 is 6.16 Å². The molecule has 0 radical (unpaired) electrons. The Bertz CT molecular complexity index is 156. The summed E-state index contributed by atoms with van der Waals surface area (Å²) in [5.74, 6) is 0. The number of hydrogen-bond donors (Lipinski definition) is 0. The molecule has 0 saturated heterocycles. The van der Waals surface area contributed by atoms with Crippen LogP contribution in [0.1, 0.15) is 6.92 Å². The highest BCUT2D eigenvalue weighted by atomic mass is 127. The Morgan fingerprint density at radius 3 is 2.07 bits per heavy atom. The van der Waals surface area contributed by atoms with Gasteiger partial charge in [-0.25, -0.2) is 4.79 Å². The summed E-state index contributed by atoms with van der Waals surface area (Å²) >= 11 is 1.96. The predicted octanol–water partition coefficient (Wildman–Crippen LogP) is 1.58. The fourth-order valence-corrected chi connectivity index (χ4v) is 0.992. The normalized spacial score (nSPS) is 12.6. The van der Waals surface area contributed by atoms with Gasteiger partial charge < -0.3 is 18.9 Å². The van der Waals surface area contributed by atoms with Crippen molar-refractivity contribution in [2.24, 2.45) is 0 Å². The monoisotopic (exact) mass is 318 g/mol. The molecule has 0 aliphatic rings. The molecule has 0 amide bonds. The maximum Gasteiger partial charge on any atom is 0.509 e. The third-order valence-corrected chi connectivity index (χ3v) is 1.48. The topological polar surface area (TPSA) is 54.0 Å². The highest BCUT2D eigenvalue weighted by Crippen LogP contribution is 2.04. The molecule has 0 aromatic heterocycles. The first kappa shape index (κ1) is 13.9. The van der Waals surface area contributed by atoms with Gasteiger partial charge in [0.15, 0.2) is 10.2 Å². The molecule has 0 rings (SSSR count). The van der Waals surface area contributed by atoms with Crippen LogP contribution in [0.2, 0.25) is 0 Å². The largest absolute Gasteiger partial charge is 0.509 e. The van der Waals surface area contributed by atoms with E-state index in [-0.39, 0.29) is 4.11 Å². The van der Waals surface area contributed by atoms with Crippen molar-refractivity contribution in [3.63, 3.8) is 0 Å². The SMILES string of the molecule is COCC(COC)OC(=O)OC(C)I. The van der Waals surface area contributed by atoms with Gasteiger partial charge in [0.1, 0.15) is 0 Å². The lowest BCUT2D eigenvalue weighted by Crippen LogP contribution is -2.28. The molecule has 0 aromatic carbocycles. The van der Waals surface area contributed by atoms with Gasteiger partial charge in [0, 0.05) is 14.2 Å². The third-order valence-electron chi connectivity index (χ3n) is 1.23. The van der Waals surface area contributed by atoms with E-state index in [1.807, 2.05) is 22.6 Å². The van der Waals surface area contributed by atoms with Gasteiger partial charge in [-0.1, -0.05) is 0 Å². The van der Waals surface area contributed by atoms with Crippen LogP contribution in [0.5, 0.6) is 0 Å². The van der Waals surface area contributed by atoms with Crippen molar-refractivity contribution in [3.05, 3.63) is 0 Å². The Morgan fingerprint density at radius 1 is 1.21 bits per heavy atom. The van der Waals surface area contributed by atoms with Crippen LogP contribution in [0.3, 0.4) is 0 Å². The maximum atomic E-state index is 11.1. The summed E-state index contributed by atoms with van der Waals surface area (Å²) in [6, 6.07) is 0. The first-order valence-electron chi connectivity index (χ1n) is 4.09. The van der Waals surface area contributed by atoms with Gasteiger partial charge in [-0.3, -0.25) is 0 Å². The molecule has 0 heterocycles. The Kier molecular flexibility index (Phi) is 8.20. The molecule has 6 heteroatoms. The summed E-state index contributed by atoms with van der Waals surface area (Å²) in [5.41, 5.74) is 0. The van der Waals surface area contributed by atoms with Crippen LogP contribution in [0.15, 0.2) is 0 Å². The van der Waals surface area contributed by atoms with Crippen molar-refractivity contribution < 1.29 is 23.7 Å². The quantitative estimate of drug-likeness (QED) is 0.423. The molecule has 1 atom stereocenters. The van der Waals surface area contributed by atoms with Crippen LogP contribution < -0.4 is 0 Å². The van der Waals surface area contributed by atoms with Crippen molar-refractivity contribution in [3.8, 4) is 0 Å². The Morgan fingerprint density at radius 2 is 1.71 bits per heavy atom. The van der Waals surface area contributed by atoms with Gasteiger partial charge in [0.25, 0.3) is 0 Å². The molecular formula is C8H15IO5. The number of carbonyl (C=O) groups excluding carboxylic acids is 1. The number of carbonyl (C=O) groups is 1. The number of rotatable bonds is 6. The molecule has 0 spiro atoms. The van der Waals surface area contributed by atoms with Crippen LogP contribution in [-0.2, 0) is 18.9 Å². The lowest BCUT2D eigenvalue weighted by Gasteiger charge is -2.16. The summed E-state index contributed by atoms with van der Waals surface area (Å²) < 4.78 is 19.2. The van der Waals surface area contributed by atoms with Crippen molar-refractivity contribution in [2.45, 2.75) is 17.1 Å². The molecule has 84 valence electrons. The fraction of sp³-hybridized carbons (Fsp3) is 0.875. The molecule has 0 saturated carbocycles. The second kappa shape index (κ2) is 8.25. The summed E-state index contributed by atoms with van der Waals surface area (Å²) in [7, 11) is 3.05. The second-order valence-corrected chi connectivity index (χ2v) is 4.32. The summed E-state index contributed by atoms with van der Waals surface area (Å²) in [6.45, 7) is 2.32. The van der Waals surface area contributed by atoms with Gasteiger partial charge in [0.2, 0.25) is 0 Å². The molecule has 0 aliphatic carbocycles. The molecule has 5 nitrogen and oxygen atoms in total.